The van der Waals surface area contributed by atoms with Gasteiger partial charge in [-0.15, -0.1) is 0 Å². The molecule has 2 rings (SSSR count). The van der Waals surface area contributed by atoms with Crippen molar-refractivity contribution in [3.05, 3.63) is 0 Å². The van der Waals surface area contributed by atoms with E-state index in [0.29, 0.717) is 5.92 Å². The number of carboxylic acid groups (broad SMARTS) is 1. The molecule has 2 aliphatic rings. The summed E-state index contributed by atoms with van der Waals surface area (Å²) in [6.07, 6.45) is 2.07. The van der Waals surface area contributed by atoms with Crippen LogP contribution < -0.4 is 0 Å². The Bertz CT molecular complexity index is 309. The Morgan fingerprint density at radius 1 is 1.39 bits per heavy atom. The highest BCUT2D eigenvalue weighted by atomic mass is 16.4. The molecule has 2 saturated heterocycles. The van der Waals surface area contributed by atoms with Crippen molar-refractivity contribution in [1.82, 2.24) is 9.80 Å². The molecule has 2 aliphatic heterocycles. The van der Waals surface area contributed by atoms with Crippen LogP contribution in [0.5, 0.6) is 0 Å². The van der Waals surface area contributed by atoms with Crippen molar-refractivity contribution in [2.75, 3.05) is 39.8 Å². The van der Waals surface area contributed by atoms with Gasteiger partial charge in [-0.05, 0) is 38.9 Å². The normalized spacial score (nSPS) is 29.2. The lowest BCUT2D eigenvalue weighted by atomic mass is 9.71. The van der Waals surface area contributed by atoms with E-state index in [-0.39, 0.29) is 11.3 Å². The Morgan fingerprint density at radius 2 is 2.00 bits per heavy atom. The van der Waals surface area contributed by atoms with Crippen LogP contribution in [0.3, 0.4) is 0 Å². The molecule has 2 fully saturated rings. The second-order valence-corrected chi connectivity index (χ2v) is 6.64. The molecule has 0 aromatic carbocycles. The third-order valence-electron chi connectivity index (χ3n) is 4.62. The molecule has 0 radical (unpaired) electrons. The lowest BCUT2D eigenvalue weighted by molar-refractivity contribution is -0.145. The topological polar surface area (TPSA) is 43.8 Å². The second-order valence-electron chi connectivity index (χ2n) is 6.64. The van der Waals surface area contributed by atoms with E-state index in [1.807, 2.05) is 0 Å². The molecule has 0 aliphatic carbocycles. The minimum Gasteiger partial charge on any atom is -0.481 e. The van der Waals surface area contributed by atoms with Gasteiger partial charge >= 0.3 is 5.97 Å². The fourth-order valence-corrected chi connectivity index (χ4v) is 3.64. The first-order valence-electron chi connectivity index (χ1n) is 7.07. The molecule has 18 heavy (non-hydrogen) atoms. The van der Waals surface area contributed by atoms with E-state index in [2.05, 4.69) is 30.7 Å². The Kier molecular flexibility index (Phi) is 3.97. The van der Waals surface area contributed by atoms with Gasteiger partial charge < -0.3 is 14.9 Å². The van der Waals surface area contributed by atoms with Crippen molar-refractivity contribution >= 4 is 5.97 Å². The van der Waals surface area contributed by atoms with Crippen LogP contribution in [0, 0.1) is 17.3 Å². The second kappa shape index (κ2) is 5.17. The van der Waals surface area contributed by atoms with Crippen LogP contribution in [0.2, 0.25) is 0 Å². The van der Waals surface area contributed by atoms with Crippen LogP contribution in [-0.2, 0) is 4.79 Å². The zero-order valence-corrected chi connectivity index (χ0v) is 11.9. The fraction of sp³-hybridized carbons (Fsp3) is 0.929. The first-order valence-corrected chi connectivity index (χ1v) is 7.07. The van der Waals surface area contributed by atoms with Crippen LogP contribution in [0.25, 0.3) is 0 Å². The highest BCUT2D eigenvalue weighted by molar-refractivity contribution is 5.72. The summed E-state index contributed by atoms with van der Waals surface area (Å²) < 4.78 is 0. The molecule has 1 spiro atoms. The molecule has 104 valence electrons. The molecule has 0 unspecified atom stereocenters. The van der Waals surface area contributed by atoms with E-state index in [0.717, 1.165) is 45.6 Å². The Hall–Kier alpha value is -0.610. The molecule has 0 bridgehead atoms. The summed E-state index contributed by atoms with van der Waals surface area (Å²) in [6.45, 7) is 9.25. The summed E-state index contributed by atoms with van der Waals surface area (Å²) in [5, 5.41) is 9.51. The number of aliphatic carboxylic acids is 1. The Labute approximate surface area is 110 Å². The zero-order valence-electron chi connectivity index (χ0n) is 11.9. The summed E-state index contributed by atoms with van der Waals surface area (Å²) in [5.74, 6) is -0.142. The number of hydrogen-bond acceptors (Lipinski definition) is 3. The molecule has 4 nitrogen and oxygen atoms in total. The predicted molar refractivity (Wildman–Crippen MR) is 71.6 cm³/mol. The number of rotatable bonds is 3. The summed E-state index contributed by atoms with van der Waals surface area (Å²) in [5.41, 5.74) is 0.0350. The smallest absolute Gasteiger partial charge is 0.308 e. The molecule has 0 saturated carbocycles. The lowest BCUT2D eigenvalue weighted by Crippen LogP contribution is -2.44. The average molecular weight is 254 g/mol. The monoisotopic (exact) mass is 254 g/mol. The fourth-order valence-electron chi connectivity index (χ4n) is 3.64. The van der Waals surface area contributed by atoms with E-state index >= 15 is 0 Å². The molecule has 0 aromatic rings. The third kappa shape index (κ3) is 2.69. The first kappa shape index (κ1) is 13.8. The quantitative estimate of drug-likeness (QED) is 0.826. The van der Waals surface area contributed by atoms with Crippen LogP contribution in [0.15, 0.2) is 0 Å². The van der Waals surface area contributed by atoms with E-state index < -0.39 is 5.97 Å². The molecule has 1 N–H and O–H groups in total. The minimum absolute atomic E-state index is 0.0350. The van der Waals surface area contributed by atoms with Crippen molar-refractivity contribution in [3.63, 3.8) is 0 Å². The van der Waals surface area contributed by atoms with Gasteiger partial charge in [0.1, 0.15) is 0 Å². The highest BCUT2D eigenvalue weighted by Gasteiger charge is 2.50. The van der Waals surface area contributed by atoms with E-state index in [1.165, 1.54) is 0 Å². The SMILES string of the molecule is CC(C)CN1C[C@@H](C(=O)O)C2(CCN(C)CC2)C1. The van der Waals surface area contributed by atoms with Crippen molar-refractivity contribution < 1.29 is 9.90 Å². The van der Waals surface area contributed by atoms with Gasteiger partial charge in [0, 0.05) is 25.0 Å². The van der Waals surface area contributed by atoms with E-state index in [4.69, 9.17) is 0 Å². The molecule has 0 amide bonds. The number of carbonyl (C=O) groups is 1. The Balaban J connectivity index is 2.09. The number of piperidine rings is 1. The molecule has 0 aromatic heterocycles. The molecule has 1 atom stereocenters. The summed E-state index contributed by atoms with van der Waals surface area (Å²) in [4.78, 5) is 16.2. The number of likely N-dealkylation sites (tertiary alicyclic amines) is 2. The largest absolute Gasteiger partial charge is 0.481 e. The molecule has 2 heterocycles. The molecular formula is C14H26N2O2. The van der Waals surface area contributed by atoms with Crippen molar-refractivity contribution in [1.29, 1.82) is 0 Å². The summed E-state index contributed by atoms with van der Waals surface area (Å²) in [6, 6.07) is 0. The van der Waals surface area contributed by atoms with Gasteiger partial charge in [-0.25, -0.2) is 0 Å². The first-order chi connectivity index (χ1) is 8.43. The van der Waals surface area contributed by atoms with Crippen LogP contribution in [0.4, 0.5) is 0 Å². The summed E-state index contributed by atoms with van der Waals surface area (Å²) >= 11 is 0. The standard InChI is InChI=1S/C14H26N2O2/c1-11(2)8-16-9-12(13(17)18)14(10-16)4-6-15(3)7-5-14/h11-12H,4-10H2,1-3H3,(H,17,18)/t12-/m0/s1. The van der Waals surface area contributed by atoms with Gasteiger partial charge in [0.2, 0.25) is 0 Å². The maximum absolute atomic E-state index is 11.5. The highest BCUT2D eigenvalue weighted by Crippen LogP contribution is 2.44. The zero-order chi connectivity index (χ0) is 13.3. The van der Waals surface area contributed by atoms with Gasteiger partial charge in [0.05, 0.1) is 5.92 Å². The Morgan fingerprint density at radius 3 is 2.50 bits per heavy atom. The van der Waals surface area contributed by atoms with Crippen LogP contribution >= 0.6 is 0 Å². The predicted octanol–water partition coefficient (Wildman–Crippen LogP) is 1.37. The van der Waals surface area contributed by atoms with Crippen LogP contribution in [-0.4, -0.2) is 60.6 Å². The number of carboxylic acids is 1. The number of nitrogens with zero attached hydrogens (tertiary/aromatic N) is 2. The minimum atomic E-state index is -0.592. The van der Waals surface area contributed by atoms with Crippen molar-refractivity contribution in [3.8, 4) is 0 Å². The lowest BCUT2D eigenvalue weighted by Gasteiger charge is -2.40. The van der Waals surface area contributed by atoms with Gasteiger partial charge in [0.15, 0.2) is 0 Å². The van der Waals surface area contributed by atoms with Gasteiger partial charge in [0.25, 0.3) is 0 Å². The average Bonchev–Trinajstić information content (AvgIpc) is 2.61. The van der Waals surface area contributed by atoms with Gasteiger partial charge in [-0.3, -0.25) is 4.79 Å². The van der Waals surface area contributed by atoms with Crippen molar-refractivity contribution in [2.24, 2.45) is 17.3 Å². The van der Waals surface area contributed by atoms with E-state index in [9.17, 15) is 9.90 Å². The van der Waals surface area contributed by atoms with E-state index in [1.54, 1.807) is 0 Å². The molecule has 4 heteroatoms. The maximum Gasteiger partial charge on any atom is 0.308 e. The third-order valence-corrected chi connectivity index (χ3v) is 4.62. The van der Waals surface area contributed by atoms with Crippen LogP contribution in [0.1, 0.15) is 26.7 Å². The summed E-state index contributed by atoms with van der Waals surface area (Å²) in [7, 11) is 2.13. The van der Waals surface area contributed by atoms with Gasteiger partial charge in [-0.2, -0.15) is 0 Å². The molecular weight excluding hydrogens is 228 g/mol. The van der Waals surface area contributed by atoms with Crippen molar-refractivity contribution in [2.45, 2.75) is 26.7 Å². The number of hydrogen-bond donors (Lipinski definition) is 1. The maximum atomic E-state index is 11.5. The van der Waals surface area contributed by atoms with Gasteiger partial charge in [-0.1, -0.05) is 13.8 Å².